The molecule has 1 aromatic heterocycles. The van der Waals surface area contributed by atoms with Crippen molar-refractivity contribution in [3.8, 4) is 16.8 Å². The van der Waals surface area contributed by atoms with Gasteiger partial charge in [-0.1, -0.05) is 157 Å². The van der Waals surface area contributed by atoms with E-state index < -0.39 is 5.41 Å². The molecule has 0 bridgehead atoms. The zero-order valence-corrected chi connectivity index (χ0v) is 33.4. The van der Waals surface area contributed by atoms with E-state index in [4.69, 9.17) is 0 Å². The molecule has 1 aliphatic heterocycles. The Morgan fingerprint density at radius 3 is 1.90 bits per heavy atom. The minimum absolute atomic E-state index is 0.542. The highest BCUT2D eigenvalue weighted by atomic mass is 32.2. The average Bonchev–Trinajstić information content (AvgIpc) is 3.64. The highest BCUT2D eigenvalue weighted by molar-refractivity contribution is 7.99. The fourth-order valence-electron chi connectivity index (χ4n) is 10.5. The number of aromatic nitrogens is 1. The van der Waals surface area contributed by atoms with Crippen LogP contribution in [0.3, 0.4) is 0 Å². The Labute approximate surface area is 352 Å². The summed E-state index contributed by atoms with van der Waals surface area (Å²) in [6.45, 7) is 0. The van der Waals surface area contributed by atoms with Crippen molar-refractivity contribution in [2.45, 2.75) is 15.2 Å². The van der Waals surface area contributed by atoms with Crippen molar-refractivity contribution >= 4 is 72.2 Å². The Morgan fingerprint density at radius 1 is 0.367 bits per heavy atom. The summed E-state index contributed by atoms with van der Waals surface area (Å²) in [6, 6.07) is 81.3. The first-order valence-electron chi connectivity index (χ1n) is 20.7. The van der Waals surface area contributed by atoms with E-state index in [9.17, 15) is 0 Å². The maximum Gasteiger partial charge on any atom is 0.0736 e. The van der Waals surface area contributed by atoms with E-state index in [2.05, 4.69) is 228 Å². The molecule has 0 saturated heterocycles. The normalized spacial score (nSPS) is 15.0. The fraction of sp³-hybridized carbons (Fsp3) is 0.0175. The van der Waals surface area contributed by atoms with Crippen LogP contribution in [0.4, 0.5) is 17.1 Å². The summed E-state index contributed by atoms with van der Waals surface area (Å²) in [5.74, 6) is 0. The van der Waals surface area contributed by atoms with Crippen molar-refractivity contribution in [1.29, 1.82) is 0 Å². The van der Waals surface area contributed by atoms with Crippen LogP contribution in [0.15, 0.2) is 228 Å². The van der Waals surface area contributed by atoms with Gasteiger partial charge in [-0.3, -0.25) is 0 Å². The first-order chi connectivity index (χ1) is 29.8. The largest absolute Gasteiger partial charge is 0.310 e. The lowest BCUT2D eigenvalue weighted by Gasteiger charge is -2.46. The molecule has 2 aliphatic rings. The second kappa shape index (κ2) is 12.8. The molecular weight excluding hydrogens is 745 g/mol. The van der Waals surface area contributed by atoms with Crippen molar-refractivity contribution < 1.29 is 0 Å². The van der Waals surface area contributed by atoms with Gasteiger partial charge in [-0.05, 0) is 128 Å². The number of benzene rings is 10. The van der Waals surface area contributed by atoms with Gasteiger partial charge in [0.25, 0.3) is 0 Å². The van der Waals surface area contributed by atoms with Gasteiger partial charge in [0.15, 0.2) is 0 Å². The van der Waals surface area contributed by atoms with E-state index in [0.29, 0.717) is 0 Å². The van der Waals surface area contributed by atoms with Crippen molar-refractivity contribution in [3.63, 3.8) is 0 Å². The maximum atomic E-state index is 2.51. The van der Waals surface area contributed by atoms with Gasteiger partial charge < -0.3 is 9.47 Å². The molecule has 60 heavy (non-hydrogen) atoms. The van der Waals surface area contributed by atoms with Crippen LogP contribution < -0.4 is 4.90 Å². The summed E-state index contributed by atoms with van der Waals surface area (Å²) in [4.78, 5) is 5.06. The second-order valence-corrected chi connectivity index (χ2v) is 17.1. The molecule has 2 nitrogen and oxygen atoms in total. The van der Waals surface area contributed by atoms with Gasteiger partial charge in [-0.2, -0.15) is 0 Å². The van der Waals surface area contributed by atoms with E-state index in [0.717, 1.165) is 22.7 Å². The predicted octanol–water partition coefficient (Wildman–Crippen LogP) is 15.4. The van der Waals surface area contributed by atoms with Gasteiger partial charge in [0, 0.05) is 43.3 Å². The molecule has 11 aromatic rings. The number of fused-ring (bicyclic) bond motifs is 12. The van der Waals surface area contributed by atoms with Gasteiger partial charge in [-0.15, -0.1) is 0 Å². The Morgan fingerprint density at radius 2 is 0.983 bits per heavy atom. The summed E-state index contributed by atoms with van der Waals surface area (Å²) < 4.78 is 2.39. The lowest BCUT2D eigenvalue weighted by atomic mass is 9.59. The molecule has 13 rings (SSSR count). The summed E-state index contributed by atoms with van der Waals surface area (Å²) in [6.07, 6.45) is 0. The lowest BCUT2D eigenvalue weighted by molar-refractivity contribution is 0.707. The smallest absolute Gasteiger partial charge is 0.0736 e. The lowest BCUT2D eigenvalue weighted by Crippen LogP contribution is -2.36. The summed E-state index contributed by atoms with van der Waals surface area (Å²) in [5.41, 5.74) is 14.3. The van der Waals surface area contributed by atoms with Crippen LogP contribution in [0.25, 0.3) is 60.2 Å². The minimum Gasteiger partial charge on any atom is -0.310 e. The molecule has 2 heterocycles. The number of para-hydroxylation sites is 2. The SMILES string of the molecule is c1ccc(-n2c3ccccc3c3cc(N(c4ccc5c(c4)C4(c6ccccc6S5)c5ccccc5-c5cccc6cccc4c56)c4ccc5ccccc5c4)ccc32)cc1. The van der Waals surface area contributed by atoms with Gasteiger partial charge in [0.1, 0.15) is 0 Å². The van der Waals surface area contributed by atoms with E-state index >= 15 is 0 Å². The molecule has 0 N–H and O–H groups in total. The molecule has 10 aromatic carbocycles. The van der Waals surface area contributed by atoms with Crippen molar-refractivity contribution in [2.24, 2.45) is 0 Å². The van der Waals surface area contributed by atoms with Crippen LogP contribution in [-0.2, 0) is 5.41 Å². The van der Waals surface area contributed by atoms with Crippen LogP contribution in [0.5, 0.6) is 0 Å². The van der Waals surface area contributed by atoms with Crippen molar-refractivity contribution in [1.82, 2.24) is 4.57 Å². The van der Waals surface area contributed by atoms with E-state index in [1.165, 1.54) is 86.5 Å². The molecule has 1 unspecified atom stereocenters. The topological polar surface area (TPSA) is 8.17 Å². The highest BCUT2D eigenvalue weighted by Crippen LogP contribution is 2.62. The fourth-order valence-corrected chi connectivity index (χ4v) is 11.7. The van der Waals surface area contributed by atoms with Gasteiger partial charge in [0.05, 0.1) is 16.4 Å². The first-order valence-corrected chi connectivity index (χ1v) is 21.5. The van der Waals surface area contributed by atoms with Crippen LogP contribution in [0, 0.1) is 0 Å². The molecular formula is C57H36N2S. The number of anilines is 3. The van der Waals surface area contributed by atoms with Crippen LogP contribution in [-0.4, -0.2) is 4.57 Å². The number of rotatable bonds is 4. The standard InChI is InChI=1S/C57H36N2S/c1-2-18-40(19-3-1)59-52-26-10-7-21-45(52)47-35-42(30-32-53(47)59)58(41-29-28-37-14-4-5-15-39(37)34-41)43-31-33-55-51(36-43)57(49-24-9-11-27-54(49)60-55)48-23-8-6-20-44(48)46-22-12-16-38-17-13-25-50(57)56(38)46/h1-36H. The highest BCUT2D eigenvalue weighted by Gasteiger charge is 2.48. The quantitative estimate of drug-likeness (QED) is 0.176. The zero-order valence-electron chi connectivity index (χ0n) is 32.6. The van der Waals surface area contributed by atoms with Gasteiger partial charge in [-0.25, -0.2) is 0 Å². The predicted molar refractivity (Wildman–Crippen MR) is 252 cm³/mol. The van der Waals surface area contributed by atoms with E-state index in [1.54, 1.807) is 0 Å². The van der Waals surface area contributed by atoms with Gasteiger partial charge in [0.2, 0.25) is 0 Å². The maximum absolute atomic E-state index is 2.51. The third-order valence-electron chi connectivity index (χ3n) is 13.0. The second-order valence-electron chi connectivity index (χ2n) is 16.0. The molecule has 280 valence electrons. The molecule has 1 spiro atoms. The van der Waals surface area contributed by atoms with Crippen LogP contribution in [0.1, 0.15) is 22.3 Å². The Bertz CT molecular complexity index is 3540. The number of hydrogen-bond donors (Lipinski definition) is 0. The summed E-state index contributed by atoms with van der Waals surface area (Å²) >= 11 is 1.89. The van der Waals surface area contributed by atoms with Gasteiger partial charge >= 0.3 is 0 Å². The molecule has 1 atom stereocenters. The third kappa shape index (κ3) is 4.67. The molecule has 0 radical (unpaired) electrons. The van der Waals surface area contributed by atoms with Crippen molar-refractivity contribution in [3.05, 3.63) is 241 Å². The Balaban J connectivity index is 1.11. The first kappa shape index (κ1) is 33.6. The zero-order chi connectivity index (χ0) is 39.4. The minimum atomic E-state index is -0.542. The van der Waals surface area contributed by atoms with E-state index in [-0.39, 0.29) is 0 Å². The molecule has 0 fully saturated rings. The van der Waals surface area contributed by atoms with Crippen LogP contribution in [0.2, 0.25) is 0 Å². The number of hydrogen-bond acceptors (Lipinski definition) is 2. The third-order valence-corrected chi connectivity index (χ3v) is 14.1. The summed E-state index contributed by atoms with van der Waals surface area (Å²) in [5, 5.41) is 7.51. The van der Waals surface area contributed by atoms with E-state index in [1.807, 2.05) is 11.8 Å². The molecule has 1 aliphatic carbocycles. The average molecular weight is 781 g/mol. The Hall–Kier alpha value is -7.33. The number of nitrogens with zero attached hydrogens (tertiary/aromatic N) is 2. The summed E-state index contributed by atoms with van der Waals surface area (Å²) in [7, 11) is 0. The van der Waals surface area contributed by atoms with Crippen molar-refractivity contribution in [2.75, 3.05) is 4.90 Å². The molecule has 0 amide bonds. The Kier molecular flexibility index (Phi) is 7.19. The van der Waals surface area contributed by atoms with Crippen LogP contribution >= 0.6 is 11.8 Å². The molecule has 3 heteroatoms. The monoisotopic (exact) mass is 780 g/mol. The molecule has 0 saturated carbocycles.